The van der Waals surface area contributed by atoms with E-state index in [9.17, 15) is 28.1 Å². The molecule has 2 aromatic rings. The highest BCUT2D eigenvalue weighted by atomic mass is 35.5. The van der Waals surface area contributed by atoms with E-state index in [0.717, 1.165) is 18.2 Å². The molecular weight excluding hydrogens is 393 g/mol. The molecule has 27 heavy (non-hydrogen) atoms. The first-order chi connectivity index (χ1) is 12.6. The van der Waals surface area contributed by atoms with Gasteiger partial charge in [-0.3, -0.25) is 14.9 Å². The fourth-order valence-electron chi connectivity index (χ4n) is 2.10. The lowest BCUT2D eigenvalue weighted by atomic mass is 10.1. The smallest absolute Gasteiger partial charge is 0.418 e. The number of nitrogens with one attached hydrogen (secondary N) is 1. The Hall–Kier alpha value is -3.01. The van der Waals surface area contributed by atoms with Gasteiger partial charge in [-0.2, -0.15) is 13.2 Å². The molecule has 2 aromatic carbocycles. The number of carbonyl (C=O) groups is 1. The minimum absolute atomic E-state index is 0.113. The van der Waals surface area contributed by atoms with Crippen LogP contribution in [0.5, 0.6) is 11.5 Å². The largest absolute Gasteiger partial charge is 0.493 e. The van der Waals surface area contributed by atoms with Crippen LogP contribution in [0.15, 0.2) is 36.4 Å². The van der Waals surface area contributed by atoms with Crippen molar-refractivity contribution < 1.29 is 32.4 Å². The molecule has 0 bridgehead atoms. The minimum Gasteiger partial charge on any atom is -0.493 e. The topological polar surface area (TPSA) is 90.7 Å². The molecular formula is C16H12ClF3N2O5. The first kappa shape index (κ1) is 20.3. The number of nitrogens with zero attached hydrogens (tertiary/aromatic N) is 1. The number of ether oxygens (including phenoxy) is 2. The average molecular weight is 405 g/mol. The van der Waals surface area contributed by atoms with Crippen LogP contribution in [0, 0.1) is 10.1 Å². The van der Waals surface area contributed by atoms with Gasteiger partial charge < -0.3 is 14.8 Å². The maximum Gasteiger partial charge on any atom is 0.418 e. The van der Waals surface area contributed by atoms with E-state index in [1.54, 1.807) is 0 Å². The monoisotopic (exact) mass is 404 g/mol. The van der Waals surface area contributed by atoms with Crippen molar-refractivity contribution in [3.63, 3.8) is 0 Å². The third kappa shape index (κ3) is 5.00. The summed E-state index contributed by atoms with van der Waals surface area (Å²) in [4.78, 5) is 22.1. The molecule has 0 radical (unpaired) electrons. The molecule has 0 atom stereocenters. The van der Waals surface area contributed by atoms with E-state index >= 15 is 0 Å². The third-order valence-corrected chi connectivity index (χ3v) is 3.62. The number of non-ortho nitro benzene ring substituents is 1. The summed E-state index contributed by atoms with van der Waals surface area (Å²) < 4.78 is 49.2. The molecule has 0 saturated heterocycles. The Bertz CT molecular complexity index is 874. The third-order valence-electron chi connectivity index (χ3n) is 3.30. The number of carbonyl (C=O) groups excluding carboxylic acids is 1. The zero-order valence-corrected chi connectivity index (χ0v) is 14.4. The van der Waals surface area contributed by atoms with Crippen LogP contribution in [0.4, 0.5) is 24.5 Å². The van der Waals surface area contributed by atoms with Gasteiger partial charge in [-0.25, -0.2) is 0 Å². The van der Waals surface area contributed by atoms with Crippen molar-refractivity contribution in [1.82, 2.24) is 0 Å². The number of amides is 1. The number of rotatable bonds is 6. The number of methoxy groups -OCH3 is 1. The zero-order valence-electron chi connectivity index (χ0n) is 13.7. The van der Waals surface area contributed by atoms with Gasteiger partial charge in [-0.05, 0) is 18.2 Å². The summed E-state index contributed by atoms with van der Waals surface area (Å²) in [6.07, 6.45) is -4.72. The van der Waals surface area contributed by atoms with Crippen molar-refractivity contribution >= 4 is 28.9 Å². The molecule has 1 amide bonds. The number of alkyl halides is 3. The Labute approximate surface area is 155 Å². The molecule has 0 unspecified atom stereocenters. The van der Waals surface area contributed by atoms with Crippen molar-refractivity contribution in [1.29, 1.82) is 0 Å². The first-order valence-corrected chi connectivity index (χ1v) is 7.62. The number of para-hydroxylation sites is 1. The van der Waals surface area contributed by atoms with Crippen LogP contribution in [0.25, 0.3) is 0 Å². The van der Waals surface area contributed by atoms with Gasteiger partial charge in [0.15, 0.2) is 18.1 Å². The standard InChI is InChI=1S/C16H12ClF3N2O5/c1-26-12-6-5-9(22(24)25)7-13(12)27-8-14(23)21-15-10(16(18,19)20)3-2-4-11(15)17/h2-7H,8H2,1H3,(H,21,23). The lowest BCUT2D eigenvalue weighted by Gasteiger charge is -2.15. The molecule has 2 rings (SSSR count). The summed E-state index contributed by atoms with van der Waals surface area (Å²) in [5.74, 6) is -0.943. The van der Waals surface area contributed by atoms with Gasteiger partial charge in [0.2, 0.25) is 0 Å². The van der Waals surface area contributed by atoms with Crippen molar-refractivity contribution in [3.05, 3.63) is 57.1 Å². The van der Waals surface area contributed by atoms with Crippen LogP contribution in [-0.2, 0) is 11.0 Å². The van der Waals surface area contributed by atoms with Gasteiger partial charge in [0.05, 0.1) is 34.4 Å². The molecule has 7 nitrogen and oxygen atoms in total. The Balaban J connectivity index is 2.17. The summed E-state index contributed by atoms with van der Waals surface area (Å²) in [7, 11) is 1.29. The Kier molecular flexibility index (Phi) is 6.11. The summed E-state index contributed by atoms with van der Waals surface area (Å²) in [5.41, 5.74) is -2.03. The van der Waals surface area contributed by atoms with E-state index in [1.807, 2.05) is 5.32 Å². The second-order valence-electron chi connectivity index (χ2n) is 5.09. The lowest BCUT2D eigenvalue weighted by molar-refractivity contribution is -0.385. The van der Waals surface area contributed by atoms with Gasteiger partial charge in [0.1, 0.15) is 0 Å². The molecule has 0 fully saturated rings. The molecule has 0 aliphatic heterocycles. The summed E-state index contributed by atoms with van der Waals surface area (Å²) in [6.45, 7) is -0.722. The lowest BCUT2D eigenvalue weighted by Crippen LogP contribution is -2.22. The van der Waals surface area contributed by atoms with Crippen LogP contribution >= 0.6 is 11.6 Å². The van der Waals surface area contributed by atoms with E-state index in [0.29, 0.717) is 0 Å². The van der Waals surface area contributed by atoms with Gasteiger partial charge in [0.25, 0.3) is 11.6 Å². The molecule has 144 valence electrons. The summed E-state index contributed by atoms with van der Waals surface area (Å²) in [6, 6.07) is 6.53. The van der Waals surface area contributed by atoms with Crippen LogP contribution in [0.3, 0.4) is 0 Å². The molecule has 0 spiro atoms. The molecule has 11 heteroatoms. The van der Waals surface area contributed by atoms with Crippen molar-refractivity contribution in [2.75, 3.05) is 19.0 Å². The number of nitro groups is 1. The average Bonchev–Trinajstić information content (AvgIpc) is 2.60. The highest BCUT2D eigenvalue weighted by molar-refractivity contribution is 6.34. The molecule has 0 heterocycles. The van der Waals surface area contributed by atoms with Gasteiger partial charge in [0, 0.05) is 6.07 Å². The van der Waals surface area contributed by atoms with Crippen molar-refractivity contribution in [3.8, 4) is 11.5 Å². The van der Waals surface area contributed by atoms with Gasteiger partial charge in [-0.1, -0.05) is 17.7 Å². The summed E-state index contributed by atoms with van der Waals surface area (Å²) >= 11 is 5.75. The number of benzene rings is 2. The number of hydrogen-bond acceptors (Lipinski definition) is 5. The van der Waals surface area contributed by atoms with E-state index in [-0.39, 0.29) is 22.2 Å². The molecule has 0 aliphatic carbocycles. The highest BCUT2D eigenvalue weighted by Gasteiger charge is 2.34. The number of nitro benzene ring substituents is 1. The number of hydrogen-bond donors (Lipinski definition) is 1. The Morgan fingerprint density at radius 3 is 2.56 bits per heavy atom. The fourth-order valence-corrected chi connectivity index (χ4v) is 2.32. The van der Waals surface area contributed by atoms with E-state index in [1.165, 1.54) is 25.3 Å². The zero-order chi connectivity index (χ0) is 20.2. The maximum absolute atomic E-state index is 13.0. The maximum atomic E-state index is 13.0. The van der Waals surface area contributed by atoms with Crippen LogP contribution < -0.4 is 14.8 Å². The van der Waals surface area contributed by atoms with Crippen LogP contribution in [-0.4, -0.2) is 24.5 Å². The van der Waals surface area contributed by atoms with Crippen molar-refractivity contribution in [2.24, 2.45) is 0 Å². The van der Waals surface area contributed by atoms with Gasteiger partial charge >= 0.3 is 6.18 Å². The predicted molar refractivity (Wildman–Crippen MR) is 90.2 cm³/mol. The van der Waals surface area contributed by atoms with Crippen molar-refractivity contribution in [2.45, 2.75) is 6.18 Å². The van der Waals surface area contributed by atoms with Gasteiger partial charge in [-0.15, -0.1) is 0 Å². The second kappa shape index (κ2) is 8.12. The molecule has 0 aromatic heterocycles. The highest BCUT2D eigenvalue weighted by Crippen LogP contribution is 2.38. The van der Waals surface area contributed by atoms with Crippen LogP contribution in [0.1, 0.15) is 5.56 Å². The van der Waals surface area contributed by atoms with E-state index < -0.39 is 34.9 Å². The second-order valence-corrected chi connectivity index (χ2v) is 5.50. The molecule has 0 aliphatic rings. The Morgan fingerprint density at radius 2 is 1.96 bits per heavy atom. The molecule has 1 N–H and O–H groups in total. The Morgan fingerprint density at radius 1 is 1.26 bits per heavy atom. The fraction of sp³-hybridized carbons (Fsp3) is 0.188. The number of anilines is 1. The first-order valence-electron chi connectivity index (χ1n) is 7.24. The minimum atomic E-state index is -4.72. The van der Waals surface area contributed by atoms with E-state index in [2.05, 4.69) is 0 Å². The normalized spacial score (nSPS) is 11.0. The molecule has 0 saturated carbocycles. The predicted octanol–water partition coefficient (Wildman–Crippen LogP) is 4.29. The SMILES string of the molecule is COc1ccc([N+](=O)[O-])cc1OCC(=O)Nc1c(Cl)cccc1C(F)(F)F. The number of halogens is 4. The van der Waals surface area contributed by atoms with E-state index in [4.69, 9.17) is 21.1 Å². The quantitative estimate of drug-likeness (QED) is 0.572. The summed E-state index contributed by atoms with van der Waals surface area (Å²) in [5, 5.41) is 12.5. The van der Waals surface area contributed by atoms with Crippen LogP contribution in [0.2, 0.25) is 5.02 Å².